The van der Waals surface area contributed by atoms with Gasteiger partial charge in [0.15, 0.2) is 12.2 Å². The van der Waals surface area contributed by atoms with Gasteiger partial charge in [0, 0.05) is 35.9 Å². The van der Waals surface area contributed by atoms with Crippen LogP contribution in [0.5, 0.6) is 11.5 Å². The maximum atomic E-state index is 14.5. The van der Waals surface area contributed by atoms with Crippen molar-refractivity contribution < 1.29 is 28.2 Å². The van der Waals surface area contributed by atoms with Crippen LogP contribution in [0.1, 0.15) is 36.6 Å². The predicted octanol–water partition coefficient (Wildman–Crippen LogP) is 2.19. The molecule has 2 unspecified atom stereocenters. The predicted molar refractivity (Wildman–Crippen MR) is 123 cm³/mol. The molecule has 2 aromatic carbocycles. The molecular formula is C22H28ClFN4O5. The van der Waals surface area contributed by atoms with Gasteiger partial charge in [0.1, 0.15) is 23.2 Å². The third kappa shape index (κ3) is 7.33. The van der Waals surface area contributed by atoms with Gasteiger partial charge in [-0.1, -0.05) is 12.1 Å². The Morgan fingerprint density at radius 1 is 1.18 bits per heavy atom. The van der Waals surface area contributed by atoms with Crippen molar-refractivity contribution in [1.29, 1.82) is 5.41 Å². The molecule has 0 radical (unpaired) electrons. The second-order valence-electron chi connectivity index (χ2n) is 6.84. The summed E-state index contributed by atoms with van der Waals surface area (Å²) in [7, 11) is 1.41. The topological polar surface area (TPSA) is 150 Å². The lowest BCUT2D eigenvalue weighted by Gasteiger charge is -2.20. The zero-order valence-electron chi connectivity index (χ0n) is 18.5. The minimum atomic E-state index is -1.18. The number of carbonyl (C=O) groups is 2. The molecule has 0 aromatic heterocycles. The van der Waals surface area contributed by atoms with Crippen LogP contribution in [0.2, 0.25) is 0 Å². The first-order valence-corrected chi connectivity index (χ1v) is 9.83. The number of amides is 2. The third-order valence-corrected chi connectivity index (χ3v) is 4.60. The molecule has 0 aliphatic heterocycles. The van der Waals surface area contributed by atoms with Crippen molar-refractivity contribution in [3.05, 3.63) is 58.9 Å². The van der Waals surface area contributed by atoms with Gasteiger partial charge in [0.05, 0.1) is 7.11 Å². The number of hydrogen-bond acceptors (Lipinski definition) is 6. The molecule has 2 aromatic rings. The average molecular weight is 483 g/mol. The summed E-state index contributed by atoms with van der Waals surface area (Å²) >= 11 is 0. The number of halogens is 2. The Balaban J connectivity index is 0.00000544. The first-order chi connectivity index (χ1) is 15.2. The number of benzene rings is 2. The second kappa shape index (κ2) is 12.6. The summed E-state index contributed by atoms with van der Waals surface area (Å²) in [6, 6.07) is 8.80. The highest BCUT2D eigenvalue weighted by Crippen LogP contribution is 2.26. The smallest absolute Gasteiger partial charge is 0.258 e. The summed E-state index contributed by atoms with van der Waals surface area (Å²) in [5.41, 5.74) is 11.7. The van der Waals surface area contributed by atoms with E-state index in [1.54, 1.807) is 19.1 Å². The number of ether oxygens (including phenoxy) is 3. The van der Waals surface area contributed by atoms with E-state index in [2.05, 4.69) is 5.32 Å². The summed E-state index contributed by atoms with van der Waals surface area (Å²) in [5.74, 6) is -1.53. The standard InChI is InChI=1S/C22H27FN4O5.ClH/c1-4-31-19(16-8-7-15(30-3)10-17(16)23)22(29)27-11-14-6-5-13(20(24)25)9-18(14)32-12(2)21(26)28;/h5-10,12,19H,4,11H2,1-3H3,(H3,24,25)(H2,26,28)(H,27,29);1H. The summed E-state index contributed by atoms with van der Waals surface area (Å²) < 4.78 is 30.6. The highest BCUT2D eigenvalue weighted by Gasteiger charge is 2.25. The number of methoxy groups -OCH3 is 1. The van der Waals surface area contributed by atoms with Gasteiger partial charge in [-0.25, -0.2) is 4.39 Å². The van der Waals surface area contributed by atoms with Gasteiger partial charge in [0.25, 0.3) is 11.8 Å². The molecule has 2 amide bonds. The van der Waals surface area contributed by atoms with Crippen LogP contribution in [-0.2, 0) is 20.9 Å². The molecule has 0 bridgehead atoms. The lowest BCUT2D eigenvalue weighted by molar-refractivity contribution is -0.133. The van der Waals surface area contributed by atoms with E-state index in [1.807, 2.05) is 0 Å². The highest BCUT2D eigenvalue weighted by molar-refractivity contribution is 5.95. The summed E-state index contributed by atoms with van der Waals surface area (Å²) in [5, 5.41) is 10.3. The van der Waals surface area contributed by atoms with Gasteiger partial charge in [-0.3, -0.25) is 15.0 Å². The van der Waals surface area contributed by atoms with Crippen LogP contribution >= 0.6 is 12.4 Å². The number of primary amides is 1. The average Bonchev–Trinajstić information content (AvgIpc) is 2.76. The van der Waals surface area contributed by atoms with Crippen LogP contribution in [0.15, 0.2) is 36.4 Å². The maximum absolute atomic E-state index is 14.5. The Bertz CT molecular complexity index is 1000. The molecule has 180 valence electrons. The van der Waals surface area contributed by atoms with Crippen LogP contribution in [-0.4, -0.2) is 37.5 Å². The highest BCUT2D eigenvalue weighted by atomic mass is 35.5. The monoisotopic (exact) mass is 482 g/mol. The van der Waals surface area contributed by atoms with E-state index in [0.29, 0.717) is 16.9 Å². The van der Waals surface area contributed by atoms with Gasteiger partial charge in [-0.2, -0.15) is 0 Å². The fourth-order valence-corrected chi connectivity index (χ4v) is 2.82. The van der Waals surface area contributed by atoms with E-state index in [9.17, 15) is 14.0 Å². The molecule has 0 saturated carbocycles. The Morgan fingerprint density at radius 2 is 1.88 bits per heavy atom. The Kier molecular flexibility index (Phi) is 10.6. The molecule has 11 heteroatoms. The molecule has 0 aliphatic carbocycles. The summed E-state index contributed by atoms with van der Waals surface area (Å²) in [4.78, 5) is 24.2. The van der Waals surface area contributed by atoms with Gasteiger partial charge < -0.3 is 31.0 Å². The molecule has 0 heterocycles. The van der Waals surface area contributed by atoms with E-state index in [1.165, 1.54) is 38.3 Å². The molecular weight excluding hydrogens is 455 g/mol. The fraction of sp³-hybridized carbons (Fsp3) is 0.318. The quantitative estimate of drug-likeness (QED) is 0.285. The SMILES string of the molecule is CCOC(C(=O)NCc1ccc(C(=N)N)cc1OC(C)C(N)=O)c1ccc(OC)cc1F.Cl. The lowest BCUT2D eigenvalue weighted by Crippen LogP contribution is -2.33. The minimum absolute atomic E-state index is 0. The van der Waals surface area contributed by atoms with Crippen molar-refractivity contribution in [1.82, 2.24) is 5.32 Å². The van der Waals surface area contributed by atoms with Gasteiger partial charge in [-0.05, 0) is 32.0 Å². The largest absolute Gasteiger partial charge is 0.497 e. The van der Waals surface area contributed by atoms with Crippen molar-refractivity contribution in [2.24, 2.45) is 11.5 Å². The van der Waals surface area contributed by atoms with E-state index in [4.69, 9.17) is 31.1 Å². The van der Waals surface area contributed by atoms with Crippen molar-refractivity contribution in [2.75, 3.05) is 13.7 Å². The molecule has 2 rings (SSSR count). The molecule has 0 spiro atoms. The number of amidine groups is 1. The molecule has 0 aliphatic rings. The first kappa shape index (κ1) is 27.7. The number of nitrogen functional groups attached to an aromatic ring is 1. The zero-order chi connectivity index (χ0) is 23.8. The van der Waals surface area contributed by atoms with Crippen LogP contribution in [0, 0.1) is 11.2 Å². The number of nitrogens with two attached hydrogens (primary N) is 2. The van der Waals surface area contributed by atoms with Crippen molar-refractivity contribution >= 4 is 30.1 Å². The number of hydrogen-bond donors (Lipinski definition) is 4. The minimum Gasteiger partial charge on any atom is -0.497 e. The Hall–Kier alpha value is -3.37. The van der Waals surface area contributed by atoms with Crippen LogP contribution in [0.3, 0.4) is 0 Å². The first-order valence-electron chi connectivity index (χ1n) is 9.83. The van der Waals surface area contributed by atoms with E-state index >= 15 is 0 Å². The molecule has 0 fully saturated rings. The zero-order valence-corrected chi connectivity index (χ0v) is 19.3. The van der Waals surface area contributed by atoms with Gasteiger partial charge >= 0.3 is 0 Å². The fourth-order valence-electron chi connectivity index (χ4n) is 2.82. The van der Waals surface area contributed by atoms with Crippen molar-refractivity contribution in [3.8, 4) is 11.5 Å². The second-order valence-corrected chi connectivity index (χ2v) is 6.84. The third-order valence-electron chi connectivity index (χ3n) is 4.60. The van der Waals surface area contributed by atoms with E-state index < -0.39 is 29.8 Å². The maximum Gasteiger partial charge on any atom is 0.258 e. The van der Waals surface area contributed by atoms with Crippen molar-refractivity contribution in [2.45, 2.75) is 32.6 Å². The van der Waals surface area contributed by atoms with E-state index in [-0.39, 0.29) is 42.7 Å². The van der Waals surface area contributed by atoms with Crippen LogP contribution < -0.4 is 26.3 Å². The van der Waals surface area contributed by atoms with Crippen molar-refractivity contribution in [3.63, 3.8) is 0 Å². The molecule has 0 saturated heterocycles. The number of nitrogens with one attached hydrogen (secondary N) is 2. The van der Waals surface area contributed by atoms with Gasteiger partial charge in [-0.15, -0.1) is 12.4 Å². The van der Waals surface area contributed by atoms with E-state index in [0.717, 1.165) is 0 Å². The molecule has 6 N–H and O–H groups in total. The number of rotatable bonds is 11. The lowest BCUT2D eigenvalue weighted by atomic mass is 10.1. The summed E-state index contributed by atoms with van der Waals surface area (Å²) in [6.07, 6.45) is -2.13. The summed E-state index contributed by atoms with van der Waals surface area (Å²) in [6.45, 7) is 3.34. The molecule has 2 atom stereocenters. The Morgan fingerprint density at radius 3 is 2.42 bits per heavy atom. The normalized spacial score (nSPS) is 12.1. The van der Waals surface area contributed by atoms with Crippen LogP contribution in [0.25, 0.3) is 0 Å². The molecule has 33 heavy (non-hydrogen) atoms. The van der Waals surface area contributed by atoms with Gasteiger partial charge in [0.2, 0.25) is 0 Å². The Labute approximate surface area is 197 Å². The molecule has 9 nitrogen and oxygen atoms in total. The number of carbonyl (C=O) groups excluding carboxylic acids is 2. The van der Waals surface area contributed by atoms with Crippen LogP contribution in [0.4, 0.5) is 4.39 Å².